The summed E-state index contributed by atoms with van der Waals surface area (Å²) in [5.74, 6) is 2.77. The van der Waals surface area contributed by atoms with Gasteiger partial charge in [0.2, 0.25) is 0 Å². The largest absolute Gasteiger partial charge is 0.372 e. The number of thioether (sulfide) groups is 1. The normalized spacial score (nSPS) is 19.1. The van der Waals surface area contributed by atoms with Gasteiger partial charge in [-0.2, -0.15) is 11.8 Å². The lowest BCUT2D eigenvalue weighted by molar-refractivity contribution is 0.0741. The molecule has 0 aliphatic carbocycles. The fourth-order valence-electron chi connectivity index (χ4n) is 1.75. The van der Waals surface area contributed by atoms with Crippen molar-refractivity contribution in [3.63, 3.8) is 0 Å². The van der Waals surface area contributed by atoms with E-state index >= 15 is 0 Å². The lowest BCUT2D eigenvalue weighted by Gasteiger charge is -2.23. The van der Waals surface area contributed by atoms with Crippen molar-refractivity contribution in [2.24, 2.45) is 0 Å². The van der Waals surface area contributed by atoms with E-state index in [4.69, 9.17) is 0 Å². The lowest BCUT2D eigenvalue weighted by atomic mass is 10.2. The van der Waals surface area contributed by atoms with Gasteiger partial charge in [-0.1, -0.05) is 0 Å². The van der Waals surface area contributed by atoms with Crippen molar-refractivity contribution in [2.75, 3.05) is 30.9 Å². The highest BCUT2D eigenvalue weighted by molar-refractivity contribution is 7.99. The molecule has 92 valence electrons. The van der Waals surface area contributed by atoms with Crippen molar-refractivity contribution in [3.8, 4) is 0 Å². The Labute approximate surface area is 105 Å². The summed E-state index contributed by atoms with van der Waals surface area (Å²) in [6, 6.07) is 3.80. The van der Waals surface area contributed by atoms with Gasteiger partial charge in [0, 0.05) is 25.9 Å². The predicted molar refractivity (Wildman–Crippen MR) is 69.4 cm³/mol. The fourth-order valence-corrected chi connectivity index (χ4v) is 3.02. The third kappa shape index (κ3) is 2.69. The van der Waals surface area contributed by atoms with Gasteiger partial charge in [-0.15, -0.1) is 10.2 Å². The van der Waals surface area contributed by atoms with Crippen LogP contribution in [0.2, 0.25) is 0 Å². The van der Waals surface area contributed by atoms with E-state index in [0.29, 0.717) is 17.6 Å². The van der Waals surface area contributed by atoms with E-state index in [-0.39, 0.29) is 5.91 Å². The molecule has 6 heteroatoms. The van der Waals surface area contributed by atoms with Crippen molar-refractivity contribution in [1.29, 1.82) is 0 Å². The molecule has 0 bridgehead atoms. The van der Waals surface area contributed by atoms with Crippen LogP contribution in [0, 0.1) is 0 Å². The molecule has 0 radical (unpaired) electrons. The first-order valence-electron chi connectivity index (χ1n) is 5.58. The van der Waals surface area contributed by atoms with E-state index in [1.165, 1.54) is 0 Å². The average Bonchev–Trinajstić information content (AvgIpc) is 2.91. The van der Waals surface area contributed by atoms with Crippen LogP contribution in [0.25, 0.3) is 0 Å². The molecule has 1 aliphatic rings. The first-order chi connectivity index (χ1) is 8.22. The number of carbonyl (C=O) groups excluding carboxylic acids is 1. The van der Waals surface area contributed by atoms with Gasteiger partial charge in [0.05, 0.1) is 0 Å². The molecular weight excluding hydrogens is 236 g/mol. The first kappa shape index (κ1) is 12.2. The molecular formula is C11H16N4OS. The summed E-state index contributed by atoms with van der Waals surface area (Å²) in [5, 5.41) is 10.7. The van der Waals surface area contributed by atoms with E-state index in [0.717, 1.165) is 17.9 Å². The molecule has 1 N–H and O–H groups in total. The van der Waals surface area contributed by atoms with Gasteiger partial charge in [0.1, 0.15) is 5.82 Å². The Morgan fingerprint density at radius 3 is 2.88 bits per heavy atom. The van der Waals surface area contributed by atoms with Crippen LogP contribution in [0.15, 0.2) is 12.1 Å². The van der Waals surface area contributed by atoms with Gasteiger partial charge in [-0.25, -0.2) is 0 Å². The van der Waals surface area contributed by atoms with Crippen LogP contribution in [0.1, 0.15) is 16.9 Å². The van der Waals surface area contributed by atoms with Gasteiger partial charge in [-0.3, -0.25) is 4.79 Å². The van der Waals surface area contributed by atoms with Gasteiger partial charge < -0.3 is 10.2 Å². The van der Waals surface area contributed by atoms with Crippen molar-refractivity contribution in [2.45, 2.75) is 12.5 Å². The zero-order chi connectivity index (χ0) is 12.3. The van der Waals surface area contributed by atoms with Crippen LogP contribution in [-0.2, 0) is 0 Å². The number of aromatic nitrogens is 2. The van der Waals surface area contributed by atoms with E-state index < -0.39 is 0 Å². The summed E-state index contributed by atoms with van der Waals surface area (Å²) in [5.41, 5.74) is 0.406. The van der Waals surface area contributed by atoms with Gasteiger partial charge in [0.25, 0.3) is 5.91 Å². The van der Waals surface area contributed by atoms with Crippen molar-refractivity contribution in [3.05, 3.63) is 17.8 Å². The standard InChI is InChI=1S/C11H16N4OS/c1-12-10-4-3-9(13-14-10)11(16)15(2)8-5-6-17-7-8/h3-4,8H,5-7H2,1-2H3,(H,12,14). The number of nitrogens with one attached hydrogen (secondary N) is 1. The number of anilines is 1. The van der Waals surface area contributed by atoms with Crippen molar-refractivity contribution >= 4 is 23.5 Å². The van der Waals surface area contributed by atoms with Crippen LogP contribution in [0.5, 0.6) is 0 Å². The quantitative estimate of drug-likeness (QED) is 0.873. The maximum absolute atomic E-state index is 12.1. The maximum atomic E-state index is 12.1. The molecule has 1 aliphatic heterocycles. The third-order valence-corrected chi connectivity index (χ3v) is 4.06. The summed E-state index contributed by atoms with van der Waals surface area (Å²) in [6.45, 7) is 0. The minimum atomic E-state index is -0.0485. The summed E-state index contributed by atoms with van der Waals surface area (Å²) in [6.07, 6.45) is 1.06. The van der Waals surface area contributed by atoms with Crippen molar-refractivity contribution in [1.82, 2.24) is 15.1 Å². The summed E-state index contributed by atoms with van der Waals surface area (Å²) in [4.78, 5) is 13.9. The minimum absolute atomic E-state index is 0.0485. The molecule has 1 fully saturated rings. The molecule has 1 aromatic heterocycles. The Bertz CT molecular complexity index is 389. The topological polar surface area (TPSA) is 58.1 Å². The molecule has 1 aromatic rings. The second-order valence-electron chi connectivity index (χ2n) is 3.99. The first-order valence-corrected chi connectivity index (χ1v) is 6.74. The number of nitrogens with zero attached hydrogens (tertiary/aromatic N) is 3. The Hall–Kier alpha value is -1.30. The summed E-state index contributed by atoms with van der Waals surface area (Å²) < 4.78 is 0. The van der Waals surface area contributed by atoms with Crippen LogP contribution < -0.4 is 5.32 Å². The minimum Gasteiger partial charge on any atom is -0.372 e. The Morgan fingerprint density at radius 2 is 2.35 bits per heavy atom. The molecule has 0 saturated carbocycles. The molecule has 17 heavy (non-hydrogen) atoms. The molecule has 1 amide bonds. The van der Waals surface area contributed by atoms with Crippen molar-refractivity contribution < 1.29 is 4.79 Å². The number of carbonyl (C=O) groups is 1. The highest BCUT2D eigenvalue weighted by Crippen LogP contribution is 2.22. The molecule has 1 saturated heterocycles. The Kier molecular flexibility index (Phi) is 3.83. The monoisotopic (exact) mass is 252 g/mol. The third-order valence-electron chi connectivity index (χ3n) is 2.91. The van der Waals surface area contributed by atoms with Crippen LogP contribution in [0.3, 0.4) is 0 Å². The molecule has 0 spiro atoms. The lowest BCUT2D eigenvalue weighted by Crippen LogP contribution is -2.37. The molecule has 5 nitrogen and oxygen atoms in total. The summed E-state index contributed by atoms with van der Waals surface area (Å²) >= 11 is 1.89. The molecule has 1 unspecified atom stereocenters. The van der Waals surface area contributed by atoms with Gasteiger partial charge >= 0.3 is 0 Å². The van der Waals surface area contributed by atoms with E-state index in [1.807, 2.05) is 18.8 Å². The Balaban J connectivity index is 2.07. The molecule has 2 heterocycles. The predicted octanol–water partition coefficient (Wildman–Crippen LogP) is 1.10. The zero-order valence-corrected chi connectivity index (χ0v) is 10.8. The van der Waals surface area contributed by atoms with Crippen LogP contribution >= 0.6 is 11.8 Å². The SMILES string of the molecule is CNc1ccc(C(=O)N(C)C2CCSC2)nn1. The highest BCUT2D eigenvalue weighted by atomic mass is 32.2. The second kappa shape index (κ2) is 5.35. The molecule has 2 rings (SSSR count). The van der Waals surface area contributed by atoms with Crippen LogP contribution in [0.4, 0.5) is 5.82 Å². The highest BCUT2D eigenvalue weighted by Gasteiger charge is 2.25. The fraction of sp³-hybridized carbons (Fsp3) is 0.545. The Morgan fingerprint density at radius 1 is 1.53 bits per heavy atom. The van der Waals surface area contributed by atoms with E-state index in [1.54, 1.807) is 24.1 Å². The molecule has 1 atom stereocenters. The average molecular weight is 252 g/mol. The number of amides is 1. The van der Waals surface area contributed by atoms with E-state index in [9.17, 15) is 4.79 Å². The second-order valence-corrected chi connectivity index (χ2v) is 5.14. The maximum Gasteiger partial charge on any atom is 0.274 e. The number of rotatable bonds is 3. The zero-order valence-electron chi connectivity index (χ0n) is 10.0. The number of hydrogen-bond donors (Lipinski definition) is 1. The summed E-state index contributed by atoms with van der Waals surface area (Å²) in [7, 11) is 3.61. The number of hydrogen-bond acceptors (Lipinski definition) is 5. The van der Waals surface area contributed by atoms with Gasteiger partial charge in [0.15, 0.2) is 5.69 Å². The smallest absolute Gasteiger partial charge is 0.274 e. The van der Waals surface area contributed by atoms with E-state index in [2.05, 4.69) is 15.5 Å². The van der Waals surface area contributed by atoms with Crippen LogP contribution in [-0.4, -0.2) is 52.6 Å². The molecule has 0 aromatic carbocycles. The van der Waals surface area contributed by atoms with Gasteiger partial charge in [-0.05, 0) is 24.3 Å².